The molecule has 1 heterocycles. The molecule has 0 bridgehead atoms. The summed E-state index contributed by atoms with van der Waals surface area (Å²) in [5, 5.41) is 4.53. The highest BCUT2D eigenvalue weighted by molar-refractivity contribution is 6.34. The molecule has 0 fully saturated rings. The number of ether oxygens (including phenoxy) is 2. The summed E-state index contributed by atoms with van der Waals surface area (Å²) in [5.41, 5.74) is 3.53. The molecular formula is C14H14ClN3O2. The standard InChI is InChI=1S/C14H14ClN3O2/c1-19-11-7-6-10(13(15)14(11)20-2)9-17-18-12-5-3-4-8-16-12/h3-9H,1-2H3,(H,16,18)/b17-9+. The second-order valence-electron chi connectivity index (χ2n) is 3.79. The lowest BCUT2D eigenvalue weighted by molar-refractivity contribution is 0.355. The van der Waals surface area contributed by atoms with Crippen molar-refractivity contribution in [3.8, 4) is 11.5 Å². The number of nitrogens with one attached hydrogen (secondary N) is 1. The zero-order chi connectivity index (χ0) is 14.4. The minimum Gasteiger partial charge on any atom is -0.493 e. The molecule has 0 amide bonds. The van der Waals surface area contributed by atoms with E-state index in [0.29, 0.717) is 27.9 Å². The summed E-state index contributed by atoms with van der Waals surface area (Å²) in [7, 11) is 3.10. The first-order valence-electron chi connectivity index (χ1n) is 5.87. The number of aromatic nitrogens is 1. The third-order valence-electron chi connectivity index (χ3n) is 2.56. The average Bonchev–Trinajstić information content (AvgIpc) is 2.49. The molecule has 0 saturated carbocycles. The second kappa shape index (κ2) is 6.77. The average molecular weight is 292 g/mol. The summed E-state index contributed by atoms with van der Waals surface area (Å²) >= 11 is 6.23. The number of halogens is 1. The van der Waals surface area contributed by atoms with Crippen LogP contribution in [0.4, 0.5) is 5.82 Å². The van der Waals surface area contributed by atoms with E-state index in [9.17, 15) is 0 Å². The molecule has 2 rings (SSSR count). The molecule has 20 heavy (non-hydrogen) atoms. The number of rotatable bonds is 5. The van der Waals surface area contributed by atoms with Gasteiger partial charge >= 0.3 is 0 Å². The Balaban J connectivity index is 2.17. The van der Waals surface area contributed by atoms with Gasteiger partial charge in [0.05, 0.1) is 25.5 Å². The molecule has 104 valence electrons. The monoisotopic (exact) mass is 291 g/mol. The molecule has 0 spiro atoms. The maximum atomic E-state index is 6.23. The lowest BCUT2D eigenvalue weighted by Crippen LogP contribution is -1.96. The van der Waals surface area contributed by atoms with Crippen molar-refractivity contribution in [2.45, 2.75) is 0 Å². The van der Waals surface area contributed by atoms with E-state index in [2.05, 4.69) is 15.5 Å². The minimum absolute atomic E-state index is 0.443. The number of nitrogens with zero attached hydrogens (tertiary/aromatic N) is 2. The highest BCUT2D eigenvalue weighted by Gasteiger charge is 2.11. The molecule has 0 aliphatic rings. The number of anilines is 1. The Hall–Kier alpha value is -2.27. The topological polar surface area (TPSA) is 55.7 Å². The Kier molecular flexibility index (Phi) is 4.79. The van der Waals surface area contributed by atoms with Crippen molar-refractivity contribution < 1.29 is 9.47 Å². The first-order chi connectivity index (χ1) is 9.76. The Morgan fingerprint density at radius 2 is 2.05 bits per heavy atom. The van der Waals surface area contributed by atoms with Crippen LogP contribution in [0, 0.1) is 0 Å². The van der Waals surface area contributed by atoms with Gasteiger partial charge in [-0.3, -0.25) is 5.43 Å². The summed E-state index contributed by atoms with van der Waals surface area (Å²) < 4.78 is 10.4. The fraction of sp³-hybridized carbons (Fsp3) is 0.143. The maximum absolute atomic E-state index is 6.23. The van der Waals surface area contributed by atoms with Crippen LogP contribution >= 0.6 is 11.6 Å². The van der Waals surface area contributed by atoms with Crippen molar-refractivity contribution in [2.24, 2.45) is 5.10 Å². The molecule has 1 aromatic carbocycles. The quantitative estimate of drug-likeness (QED) is 0.679. The van der Waals surface area contributed by atoms with Gasteiger partial charge in [0.15, 0.2) is 11.5 Å². The number of hydrazone groups is 1. The Bertz CT molecular complexity index is 603. The normalized spacial score (nSPS) is 10.6. The maximum Gasteiger partial charge on any atom is 0.180 e. The van der Waals surface area contributed by atoms with Gasteiger partial charge in [-0.05, 0) is 24.3 Å². The van der Waals surface area contributed by atoms with Gasteiger partial charge in [-0.15, -0.1) is 0 Å². The van der Waals surface area contributed by atoms with Gasteiger partial charge in [-0.1, -0.05) is 17.7 Å². The second-order valence-corrected chi connectivity index (χ2v) is 4.17. The summed E-state index contributed by atoms with van der Waals surface area (Å²) in [4.78, 5) is 4.09. The van der Waals surface area contributed by atoms with Crippen molar-refractivity contribution in [1.82, 2.24) is 4.98 Å². The molecule has 1 N–H and O–H groups in total. The minimum atomic E-state index is 0.443. The SMILES string of the molecule is COc1ccc(/C=N/Nc2ccccn2)c(Cl)c1OC. The first-order valence-corrected chi connectivity index (χ1v) is 6.24. The number of benzene rings is 1. The van der Waals surface area contributed by atoms with E-state index in [1.54, 1.807) is 31.7 Å². The van der Waals surface area contributed by atoms with Crippen LogP contribution in [0.3, 0.4) is 0 Å². The number of hydrogen-bond donors (Lipinski definition) is 1. The van der Waals surface area contributed by atoms with Crippen LogP contribution in [0.25, 0.3) is 0 Å². The Morgan fingerprint density at radius 3 is 2.70 bits per heavy atom. The van der Waals surface area contributed by atoms with Crippen LogP contribution in [-0.4, -0.2) is 25.4 Å². The van der Waals surface area contributed by atoms with E-state index in [1.165, 1.54) is 7.11 Å². The molecule has 0 radical (unpaired) electrons. The van der Waals surface area contributed by atoms with Crippen LogP contribution in [-0.2, 0) is 0 Å². The number of hydrogen-bond acceptors (Lipinski definition) is 5. The van der Waals surface area contributed by atoms with E-state index >= 15 is 0 Å². The highest BCUT2D eigenvalue weighted by Crippen LogP contribution is 2.36. The van der Waals surface area contributed by atoms with Crippen molar-refractivity contribution in [2.75, 3.05) is 19.6 Å². The van der Waals surface area contributed by atoms with Crippen LogP contribution in [0.1, 0.15) is 5.56 Å². The van der Waals surface area contributed by atoms with Crippen molar-refractivity contribution >= 4 is 23.6 Å². The van der Waals surface area contributed by atoms with Gasteiger partial charge in [-0.2, -0.15) is 5.10 Å². The summed E-state index contributed by atoms with van der Waals surface area (Å²) in [6.45, 7) is 0. The zero-order valence-corrected chi connectivity index (χ0v) is 11.9. The molecule has 1 aromatic heterocycles. The predicted molar refractivity (Wildman–Crippen MR) is 80.0 cm³/mol. The number of pyridine rings is 1. The molecule has 0 unspecified atom stereocenters. The lowest BCUT2D eigenvalue weighted by atomic mass is 10.2. The molecule has 0 aliphatic carbocycles. The molecule has 5 nitrogen and oxygen atoms in total. The van der Waals surface area contributed by atoms with E-state index in [-0.39, 0.29) is 0 Å². The van der Waals surface area contributed by atoms with Gasteiger partial charge in [0.2, 0.25) is 0 Å². The van der Waals surface area contributed by atoms with Crippen LogP contribution in [0.15, 0.2) is 41.6 Å². The molecule has 6 heteroatoms. The summed E-state index contributed by atoms with van der Waals surface area (Å²) in [5.74, 6) is 1.71. The van der Waals surface area contributed by atoms with E-state index < -0.39 is 0 Å². The van der Waals surface area contributed by atoms with Crippen molar-refractivity contribution in [3.63, 3.8) is 0 Å². The van der Waals surface area contributed by atoms with Crippen molar-refractivity contribution in [3.05, 3.63) is 47.1 Å². The first kappa shape index (κ1) is 14.1. The van der Waals surface area contributed by atoms with E-state index in [4.69, 9.17) is 21.1 Å². The molecule has 0 aliphatic heterocycles. The Labute approximate surface area is 122 Å². The van der Waals surface area contributed by atoms with Gasteiger partial charge in [0, 0.05) is 11.8 Å². The summed E-state index contributed by atoms with van der Waals surface area (Å²) in [6, 6.07) is 9.09. The van der Waals surface area contributed by atoms with Gasteiger partial charge in [0.1, 0.15) is 5.82 Å². The molecule has 2 aromatic rings. The van der Waals surface area contributed by atoms with Gasteiger partial charge in [-0.25, -0.2) is 4.98 Å². The van der Waals surface area contributed by atoms with Crippen LogP contribution < -0.4 is 14.9 Å². The fourth-order valence-electron chi connectivity index (χ4n) is 1.60. The fourth-order valence-corrected chi connectivity index (χ4v) is 1.88. The summed E-state index contributed by atoms with van der Waals surface area (Å²) in [6.07, 6.45) is 3.28. The lowest BCUT2D eigenvalue weighted by Gasteiger charge is -2.10. The molecule has 0 saturated heterocycles. The third kappa shape index (κ3) is 3.19. The number of methoxy groups -OCH3 is 2. The smallest absolute Gasteiger partial charge is 0.180 e. The van der Waals surface area contributed by atoms with Crippen LogP contribution in [0.2, 0.25) is 5.02 Å². The predicted octanol–water partition coefficient (Wildman–Crippen LogP) is 3.20. The van der Waals surface area contributed by atoms with E-state index in [1.807, 2.05) is 18.2 Å². The van der Waals surface area contributed by atoms with E-state index in [0.717, 1.165) is 0 Å². The molecule has 0 atom stereocenters. The Morgan fingerprint density at radius 1 is 1.20 bits per heavy atom. The third-order valence-corrected chi connectivity index (χ3v) is 2.95. The van der Waals surface area contributed by atoms with Crippen LogP contribution in [0.5, 0.6) is 11.5 Å². The molecular weight excluding hydrogens is 278 g/mol. The van der Waals surface area contributed by atoms with Crippen molar-refractivity contribution in [1.29, 1.82) is 0 Å². The van der Waals surface area contributed by atoms with Gasteiger partial charge in [0.25, 0.3) is 0 Å². The zero-order valence-electron chi connectivity index (χ0n) is 11.1. The highest BCUT2D eigenvalue weighted by atomic mass is 35.5. The largest absolute Gasteiger partial charge is 0.493 e. The van der Waals surface area contributed by atoms with Gasteiger partial charge < -0.3 is 9.47 Å².